The number of morpholine rings is 1. The molecule has 4 heteroatoms. The van der Waals surface area contributed by atoms with Gasteiger partial charge in [-0.25, -0.2) is 0 Å². The number of para-hydroxylation sites is 1. The van der Waals surface area contributed by atoms with Gasteiger partial charge in [0.25, 0.3) is 5.91 Å². The number of carbonyl (C=O) groups is 1. The van der Waals surface area contributed by atoms with E-state index in [1.165, 1.54) is 0 Å². The van der Waals surface area contributed by atoms with Crippen LogP contribution in [0.1, 0.15) is 31.1 Å². The van der Waals surface area contributed by atoms with Crippen LogP contribution in [-0.2, 0) is 4.74 Å². The lowest BCUT2D eigenvalue weighted by atomic mass is 9.99. The molecule has 4 nitrogen and oxygen atoms in total. The Balaban J connectivity index is 2.31. The van der Waals surface area contributed by atoms with E-state index in [0.29, 0.717) is 24.5 Å². The Morgan fingerprint density at radius 2 is 2.11 bits per heavy atom. The SMILES string of the molecule is COc1ccccc1C(=O)N1C[C@H](C)OCC1(C)C. The molecule has 1 amide bonds. The fourth-order valence-electron chi connectivity index (χ4n) is 2.31. The number of hydrogen-bond acceptors (Lipinski definition) is 3. The van der Waals surface area contributed by atoms with E-state index in [1.807, 2.05) is 43.9 Å². The molecule has 0 saturated carbocycles. The summed E-state index contributed by atoms with van der Waals surface area (Å²) in [6.45, 7) is 7.18. The van der Waals surface area contributed by atoms with E-state index in [9.17, 15) is 4.79 Å². The van der Waals surface area contributed by atoms with E-state index in [4.69, 9.17) is 9.47 Å². The van der Waals surface area contributed by atoms with Crippen LogP contribution >= 0.6 is 0 Å². The van der Waals surface area contributed by atoms with Gasteiger partial charge in [0.05, 0.1) is 30.9 Å². The molecule has 19 heavy (non-hydrogen) atoms. The molecule has 1 aliphatic heterocycles. The van der Waals surface area contributed by atoms with E-state index in [0.717, 1.165) is 0 Å². The van der Waals surface area contributed by atoms with Gasteiger partial charge in [-0.2, -0.15) is 0 Å². The Labute approximate surface area is 114 Å². The largest absolute Gasteiger partial charge is 0.496 e. The molecule has 1 saturated heterocycles. The molecule has 0 radical (unpaired) electrons. The topological polar surface area (TPSA) is 38.8 Å². The average Bonchev–Trinajstić information content (AvgIpc) is 2.40. The molecule has 1 aliphatic rings. The standard InChI is InChI=1S/C15H21NO3/c1-11-9-16(15(2,3)10-19-11)14(17)12-7-5-6-8-13(12)18-4/h5-8,11H,9-10H2,1-4H3/t11-/m0/s1. The summed E-state index contributed by atoms with van der Waals surface area (Å²) in [4.78, 5) is 14.6. The molecule has 0 unspecified atom stereocenters. The number of carbonyl (C=O) groups excluding carboxylic acids is 1. The third kappa shape index (κ3) is 2.73. The van der Waals surface area contributed by atoms with Gasteiger partial charge in [-0.1, -0.05) is 12.1 Å². The Hall–Kier alpha value is -1.55. The highest BCUT2D eigenvalue weighted by molar-refractivity contribution is 5.97. The van der Waals surface area contributed by atoms with E-state index in [-0.39, 0.29) is 17.6 Å². The molecule has 0 N–H and O–H groups in total. The molecular formula is C15H21NO3. The predicted molar refractivity (Wildman–Crippen MR) is 73.5 cm³/mol. The maximum Gasteiger partial charge on any atom is 0.258 e. The fourth-order valence-corrected chi connectivity index (χ4v) is 2.31. The van der Waals surface area contributed by atoms with Crippen LogP contribution in [0, 0.1) is 0 Å². The molecule has 0 bridgehead atoms. The van der Waals surface area contributed by atoms with Gasteiger partial charge in [-0.05, 0) is 32.9 Å². The average molecular weight is 263 g/mol. The summed E-state index contributed by atoms with van der Waals surface area (Å²) >= 11 is 0. The zero-order valence-corrected chi connectivity index (χ0v) is 12.0. The van der Waals surface area contributed by atoms with Gasteiger partial charge in [-0.3, -0.25) is 4.79 Å². The smallest absolute Gasteiger partial charge is 0.258 e. The van der Waals surface area contributed by atoms with E-state index >= 15 is 0 Å². The third-order valence-electron chi connectivity index (χ3n) is 3.47. The maximum absolute atomic E-state index is 12.7. The first kappa shape index (κ1) is 13.9. The molecule has 2 rings (SSSR count). The van der Waals surface area contributed by atoms with Gasteiger partial charge >= 0.3 is 0 Å². The zero-order chi connectivity index (χ0) is 14.0. The van der Waals surface area contributed by atoms with Crippen LogP contribution < -0.4 is 4.74 Å². The molecule has 1 heterocycles. The van der Waals surface area contributed by atoms with Crippen molar-refractivity contribution in [1.82, 2.24) is 4.90 Å². The van der Waals surface area contributed by atoms with E-state index in [1.54, 1.807) is 13.2 Å². The number of rotatable bonds is 2. The van der Waals surface area contributed by atoms with Crippen molar-refractivity contribution < 1.29 is 14.3 Å². The minimum absolute atomic E-state index is 0.00222. The summed E-state index contributed by atoms with van der Waals surface area (Å²) in [6.07, 6.45) is 0.0617. The molecule has 0 aromatic heterocycles. The maximum atomic E-state index is 12.7. The molecule has 1 aromatic rings. The molecule has 104 valence electrons. The molecule has 1 fully saturated rings. The Morgan fingerprint density at radius 3 is 2.79 bits per heavy atom. The van der Waals surface area contributed by atoms with Crippen LogP contribution in [0.3, 0.4) is 0 Å². The summed E-state index contributed by atoms with van der Waals surface area (Å²) < 4.78 is 10.9. The summed E-state index contributed by atoms with van der Waals surface area (Å²) in [5.74, 6) is 0.611. The highest BCUT2D eigenvalue weighted by Gasteiger charge is 2.37. The van der Waals surface area contributed by atoms with Crippen LogP contribution in [0.5, 0.6) is 5.75 Å². The number of amides is 1. The first-order valence-electron chi connectivity index (χ1n) is 6.52. The minimum Gasteiger partial charge on any atom is -0.496 e. The predicted octanol–water partition coefficient (Wildman–Crippen LogP) is 2.33. The van der Waals surface area contributed by atoms with Crippen molar-refractivity contribution in [2.24, 2.45) is 0 Å². The second-order valence-electron chi connectivity index (χ2n) is 5.55. The van der Waals surface area contributed by atoms with Crippen molar-refractivity contribution in [3.63, 3.8) is 0 Å². The van der Waals surface area contributed by atoms with Gasteiger partial charge in [0, 0.05) is 6.54 Å². The number of methoxy groups -OCH3 is 1. The van der Waals surface area contributed by atoms with Crippen molar-refractivity contribution >= 4 is 5.91 Å². The van der Waals surface area contributed by atoms with Crippen LogP contribution in [0.4, 0.5) is 0 Å². The van der Waals surface area contributed by atoms with Crippen molar-refractivity contribution in [3.8, 4) is 5.75 Å². The molecule has 1 atom stereocenters. The Bertz CT molecular complexity index is 470. The molecule has 1 aromatic carbocycles. The molecular weight excluding hydrogens is 242 g/mol. The quantitative estimate of drug-likeness (QED) is 0.822. The van der Waals surface area contributed by atoms with Gasteiger partial charge < -0.3 is 14.4 Å². The van der Waals surface area contributed by atoms with Gasteiger partial charge in [0.2, 0.25) is 0 Å². The second-order valence-corrected chi connectivity index (χ2v) is 5.55. The Kier molecular flexibility index (Phi) is 3.80. The van der Waals surface area contributed by atoms with Gasteiger partial charge in [0.15, 0.2) is 0 Å². The summed E-state index contributed by atoms with van der Waals surface area (Å²) in [5, 5.41) is 0. The lowest BCUT2D eigenvalue weighted by Crippen LogP contribution is -2.57. The van der Waals surface area contributed by atoms with E-state index in [2.05, 4.69) is 0 Å². The van der Waals surface area contributed by atoms with Crippen LogP contribution in [-0.4, -0.2) is 42.7 Å². The van der Waals surface area contributed by atoms with Crippen molar-refractivity contribution in [1.29, 1.82) is 0 Å². The second kappa shape index (κ2) is 5.21. The van der Waals surface area contributed by atoms with Crippen LogP contribution in [0.15, 0.2) is 24.3 Å². The summed E-state index contributed by atoms with van der Waals surface area (Å²) in [5.41, 5.74) is 0.303. The van der Waals surface area contributed by atoms with Gasteiger partial charge in [0.1, 0.15) is 5.75 Å². The van der Waals surface area contributed by atoms with Gasteiger partial charge in [-0.15, -0.1) is 0 Å². The monoisotopic (exact) mass is 263 g/mol. The first-order valence-corrected chi connectivity index (χ1v) is 6.52. The number of nitrogens with zero attached hydrogens (tertiary/aromatic N) is 1. The summed E-state index contributed by atoms with van der Waals surface area (Å²) in [7, 11) is 1.58. The number of hydrogen-bond donors (Lipinski definition) is 0. The Morgan fingerprint density at radius 1 is 1.42 bits per heavy atom. The lowest BCUT2D eigenvalue weighted by Gasteiger charge is -2.44. The normalized spacial score (nSPS) is 22.1. The van der Waals surface area contributed by atoms with Crippen molar-refractivity contribution in [3.05, 3.63) is 29.8 Å². The van der Waals surface area contributed by atoms with Crippen molar-refractivity contribution in [2.45, 2.75) is 32.4 Å². The van der Waals surface area contributed by atoms with Crippen LogP contribution in [0.25, 0.3) is 0 Å². The fraction of sp³-hybridized carbons (Fsp3) is 0.533. The summed E-state index contributed by atoms with van der Waals surface area (Å²) in [6, 6.07) is 7.33. The highest BCUT2D eigenvalue weighted by Crippen LogP contribution is 2.27. The van der Waals surface area contributed by atoms with E-state index < -0.39 is 0 Å². The molecule has 0 aliphatic carbocycles. The number of ether oxygens (including phenoxy) is 2. The van der Waals surface area contributed by atoms with Crippen molar-refractivity contribution in [2.75, 3.05) is 20.3 Å². The third-order valence-corrected chi connectivity index (χ3v) is 3.47. The molecule has 0 spiro atoms. The lowest BCUT2D eigenvalue weighted by molar-refractivity contribution is -0.0756. The highest BCUT2D eigenvalue weighted by atomic mass is 16.5. The first-order chi connectivity index (χ1) is 8.95. The number of benzene rings is 1. The zero-order valence-electron chi connectivity index (χ0n) is 12.0. The van der Waals surface area contributed by atoms with Crippen LogP contribution in [0.2, 0.25) is 0 Å². The minimum atomic E-state index is -0.301.